The van der Waals surface area contributed by atoms with E-state index < -0.39 is 11.6 Å². The minimum absolute atomic E-state index is 0.0336. The Hall–Kier alpha value is -1.75. The number of hydrogen-bond donors (Lipinski definition) is 1. The number of aromatic nitrogens is 2. The predicted molar refractivity (Wildman–Crippen MR) is 74.4 cm³/mol. The smallest absolute Gasteiger partial charge is 0.129 e. The van der Waals surface area contributed by atoms with Gasteiger partial charge in [-0.15, -0.1) is 0 Å². The van der Waals surface area contributed by atoms with Crippen molar-refractivity contribution in [1.82, 2.24) is 15.1 Å². The van der Waals surface area contributed by atoms with Crippen molar-refractivity contribution in [2.45, 2.75) is 26.3 Å². The average Bonchev–Trinajstić information content (AvgIpc) is 2.71. The second-order valence-corrected chi connectivity index (χ2v) is 4.89. The van der Waals surface area contributed by atoms with E-state index in [2.05, 4.69) is 10.4 Å². The van der Waals surface area contributed by atoms with E-state index in [1.165, 1.54) is 12.1 Å². The van der Waals surface area contributed by atoms with E-state index >= 15 is 0 Å². The highest BCUT2D eigenvalue weighted by Crippen LogP contribution is 2.22. The van der Waals surface area contributed by atoms with Crippen LogP contribution in [0.15, 0.2) is 24.4 Å². The van der Waals surface area contributed by atoms with Gasteiger partial charge in [0.15, 0.2) is 0 Å². The fourth-order valence-electron chi connectivity index (χ4n) is 2.41. The van der Waals surface area contributed by atoms with E-state index in [9.17, 15) is 8.78 Å². The van der Waals surface area contributed by atoms with Crippen LogP contribution in [0.3, 0.4) is 0 Å². The van der Waals surface area contributed by atoms with E-state index in [4.69, 9.17) is 0 Å². The highest BCUT2D eigenvalue weighted by atomic mass is 19.1. The lowest BCUT2D eigenvalue weighted by Crippen LogP contribution is -2.23. The molecule has 0 amide bonds. The van der Waals surface area contributed by atoms with E-state index in [1.807, 2.05) is 27.1 Å². The maximum absolute atomic E-state index is 13.8. The molecule has 0 spiro atoms. The maximum atomic E-state index is 13.8. The molecule has 0 bridgehead atoms. The minimum atomic E-state index is -0.552. The third kappa shape index (κ3) is 3.22. The quantitative estimate of drug-likeness (QED) is 0.912. The van der Waals surface area contributed by atoms with Gasteiger partial charge in [0.1, 0.15) is 11.6 Å². The van der Waals surface area contributed by atoms with Gasteiger partial charge in [0.25, 0.3) is 0 Å². The van der Waals surface area contributed by atoms with Gasteiger partial charge in [-0.25, -0.2) is 8.78 Å². The van der Waals surface area contributed by atoms with E-state index in [0.29, 0.717) is 12.0 Å². The van der Waals surface area contributed by atoms with Crippen LogP contribution in [0.4, 0.5) is 8.78 Å². The van der Waals surface area contributed by atoms with E-state index in [-0.39, 0.29) is 6.04 Å². The number of nitrogens with one attached hydrogen (secondary N) is 1. The van der Waals surface area contributed by atoms with Crippen molar-refractivity contribution in [2.75, 3.05) is 6.54 Å². The molecule has 0 aliphatic rings. The molecule has 0 radical (unpaired) electrons. The molecule has 1 N–H and O–H groups in total. The first-order valence-corrected chi connectivity index (χ1v) is 6.68. The average molecular weight is 279 g/mol. The molecule has 5 heteroatoms. The van der Waals surface area contributed by atoms with Crippen LogP contribution in [0.1, 0.15) is 29.8 Å². The Balaban J connectivity index is 2.27. The molecule has 0 saturated heterocycles. The molecule has 0 aliphatic carbocycles. The van der Waals surface area contributed by atoms with Crippen LogP contribution in [0.25, 0.3) is 0 Å². The third-order valence-electron chi connectivity index (χ3n) is 3.32. The van der Waals surface area contributed by atoms with Gasteiger partial charge in [0.2, 0.25) is 0 Å². The number of rotatable bonds is 5. The van der Waals surface area contributed by atoms with Crippen molar-refractivity contribution >= 4 is 0 Å². The summed E-state index contributed by atoms with van der Waals surface area (Å²) in [6, 6.07) is 3.68. The summed E-state index contributed by atoms with van der Waals surface area (Å²) in [6.45, 7) is 4.70. The van der Waals surface area contributed by atoms with Crippen LogP contribution >= 0.6 is 0 Å². The second kappa shape index (κ2) is 6.13. The van der Waals surface area contributed by atoms with E-state index in [1.54, 1.807) is 4.68 Å². The van der Waals surface area contributed by atoms with Crippen molar-refractivity contribution in [3.8, 4) is 0 Å². The number of aryl methyl sites for hydroxylation is 2. The SMILES string of the molecule is CCNC(Cc1ccc(F)cc1F)c1cn(C)nc1C. The van der Waals surface area contributed by atoms with Gasteiger partial charge >= 0.3 is 0 Å². The maximum Gasteiger partial charge on any atom is 0.129 e. The molecule has 1 aromatic carbocycles. The van der Waals surface area contributed by atoms with Crippen LogP contribution in [0, 0.1) is 18.6 Å². The third-order valence-corrected chi connectivity index (χ3v) is 3.32. The molecule has 0 saturated carbocycles. The van der Waals surface area contributed by atoms with Gasteiger partial charge < -0.3 is 5.32 Å². The van der Waals surface area contributed by atoms with Gasteiger partial charge in [-0.2, -0.15) is 5.10 Å². The first-order valence-electron chi connectivity index (χ1n) is 6.68. The zero-order valence-corrected chi connectivity index (χ0v) is 12.0. The summed E-state index contributed by atoms with van der Waals surface area (Å²) in [4.78, 5) is 0. The van der Waals surface area contributed by atoms with Crippen molar-refractivity contribution < 1.29 is 8.78 Å². The molecule has 3 nitrogen and oxygen atoms in total. The predicted octanol–water partition coefficient (Wildman–Crippen LogP) is 2.90. The summed E-state index contributed by atoms with van der Waals surface area (Å²) >= 11 is 0. The minimum Gasteiger partial charge on any atom is -0.310 e. The molecule has 0 aliphatic heterocycles. The lowest BCUT2D eigenvalue weighted by molar-refractivity contribution is 0.519. The Morgan fingerprint density at radius 1 is 1.35 bits per heavy atom. The van der Waals surface area contributed by atoms with Crippen LogP contribution in [0.2, 0.25) is 0 Å². The Bertz CT molecular complexity index is 593. The van der Waals surface area contributed by atoms with Crippen LogP contribution < -0.4 is 5.32 Å². The summed E-state index contributed by atoms with van der Waals surface area (Å²) < 4.78 is 28.5. The Morgan fingerprint density at radius 3 is 2.65 bits per heavy atom. The molecular formula is C15H19F2N3. The first kappa shape index (κ1) is 14.7. The highest BCUT2D eigenvalue weighted by molar-refractivity contribution is 5.26. The molecule has 1 aromatic heterocycles. The van der Waals surface area contributed by atoms with Crippen LogP contribution in [0.5, 0.6) is 0 Å². The zero-order chi connectivity index (χ0) is 14.7. The fourth-order valence-corrected chi connectivity index (χ4v) is 2.41. The monoisotopic (exact) mass is 279 g/mol. The summed E-state index contributed by atoms with van der Waals surface area (Å²) in [5.41, 5.74) is 2.46. The lowest BCUT2D eigenvalue weighted by atomic mass is 9.99. The molecular weight excluding hydrogens is 260 g/mol. The molecule has 108 valence electrons. The van der Waals surface area contributed by atoms with E-state index in [0.717, 1.165) is 23.9 Å². The second-order valence-electron chi connectivity index (χ2n) is 4.89. The molecule has 1 atom stereocenters. The van der Waals surface area contributed by atoms with Crippen molar-refractivity contribution in [1.29, 1.82) is 0 Å². The van der Waals surface area contributed by atoms with Crippen molar-refractivity contribution in [3.05, 3.63) is 52.9 Å². The Labute approximate surface area is 117 Å². The molecule has 20 heavy (non-hydrogen) atoms. The highest BCUT2D eigenvalue weighted by Gasteiger charge is 2.18. The molecule has 2 rings (SSSR count). The standard InChI is InChI=1S/C15H19F2N3/c1-4-18-15(13-9-20(3)19-10(13)2)7-11-5-6-12(16)8-14(11)17/h5-6,8-9,15,18H,4,7H2,1-3H3. The lowest BCUT2D eigenvalue weighted by Gasteiger charge is -2.18. The Kier molecular flexibility index (Phi) is 4.49. The number of benzene rings is 1. The van der Waals surface area contributed by atoms with Crippen molar-refractivity contribution in [3.63, 3.8) is 0 Å². The summed E-state index contributed by atoms with van der Waals surface area (Å²) in [7, 11) is 1.86. The number of likely N-dealkylation sites (N-methyl/N-ethyl adjacent to an activating group) is 1. The number of hydrogen-bond acceptors (Lipinski definition) is 2. The molecule has 0 fully saturated rings. The number of nitrogens with zero attached hydrogens (tertiary/aromatic N) is 2. The normalized spacial score (nSPS) is 12.7. The van der Waals surface area contributed by atoms with Gasteiger partial charge in [0, 0.05) is 30.9 Å². The van der Waals surface area contributed by atoms with Crippen molar-refractivity contribution in [2.24, 2.45) is 7.05 Å². The largest absolute Gasteiger partial charge is 0.310 e. The first-order chi connectivity index (χ1) is 9.51. The van der Waals surface area contributed by atoms with Gasteiger partial charge in [-0.3, -0.25) is 4.68 Å². The molecule has 2 aromatic rings. The van der Waals surface area contributed by atoms with Gasteiger partial charge in [-0.05, 0) is 31.5 Å². The summed E-state index contributed by atoms with van der Waals surface area (Å²) in [5.74, 6) is -1.06. The summed E-state index contributed by atoms with van der Waals surface area (Å²) in [6.07, 6.45) is 2.40. The Morgan fingerprint density at radius 2 is 2.10 bits per heavy atom. The summed E-state index contributed by atoms with van der Waals surface area (Å²) in [5, 5.41) is 7.64. The number of halogens is 2. The zero-order valence-electron chi connectivity index (χ0n) is 12.0. The van der Waals surface area contributed by atoms with Gasteiger partial charge in [0.05, 0.1) is 5.69 Å². The molecule has 1 heterocycles. The van der Waals surface area contributed by atoms with Crippen LogP contribution in [-0.4, -0.2) is 16.3 Å². The molecule has 1 unspecified atom stereocenters. The van der Waals surface area contributed by atoms with Crippen LogP contribution in [-0.2, 0) is 13.5 Å². The van der Waals surface area contributed by atoms with Gasteiger partial charge in [-0.1, -0.05) is 13.0 Å². The topological polar surface area (TPSA) is 29.9 Å². The fraction of sp³-hybridized carbons (Fsp3) is 0.400.